The summed E-state index contributed by atoms with van der Waals surface area (Å²) in [7, 11) is -3.42. The molecule has 1 rings (SSSR count). The molecule has 110 valence electrons. The topological polar surface area (TPSA) is 60.4 Å². The van der Waals surface area contributed by atoms with Gasteiger partial charge in [-0.15, -0.1) is 0 Å². The van der Waals surface area contributed by atoms with Gasteiger partial charge in [0.1, 0.15) is 6.61 Å². The van der Waals surface area contributed by atoms with Crippen molar-refractivity contribution in [3.05, 3.63) is 42.5 Å². The van der Waals surface area contributed by atoms with Gasteiger partial charge in [-0.05, 0) is 23.6 Å². The molecule has 0 unspecified atom stereocenters. The Labute approximate surface area is 120 Å². The van der Waals surface area contributed by atoms with Crippen LogP contribution in [0.3, 0.4) is 0 Å². The molecule has 0 aliphatic heterocycles. The van der Waals surface area contributed by atoms with Crippen molar-refractivity contribution in [2.75, 3.05) is 12.4 Å². The van der Waals surface area contributed by atoms with Gasteiger partial charge in [0, 0.05) is 6.42 Å². The normalized spacial score (nSPS) is 11.3. The molecule has 0 N–H and O–H groups in total. The summed E-state index contributed by atoms with van der Waals surface area (Å²) in [5, 5.41) is 0. The molecule has 1 aromatic rings. The van der Waals surface area contributed by atoms with Crippen LogP contribution in [0.5, 0.6) is 0 Å². The summed E-state index contributed by atoms with van der Waals surface area (Å²) in [6.07, 6.45) is 0.318. The van der Waals surface area contributed by atoms with Gasteiger partial charge in [0.25, 0.3) is 0 Å². The lowest BCUT2D eigenvalue weighted by atomic mass is 10.1. The fourth-order valence-electron chi connectivity index (χ4n) is 1.60. The Bertz CT molecular complexity index is 559. The lowest BCUT2D eigenvalue weighted by molar-refractivity contribution is -0.143. The third kappa shape index (κ3) is 5.57. The van der Waals surface area contributed by atoms with Gasteiger partial charge in [0.15, 0.2) is 9.84 Å². The number of carbonyl (C=O) groups is 1. The van der Waals surface area contributed by atoms with E-state index in [1.165, 1.54) is 12.1 Å². The highest BCUT2D eigenvalue weighted by Gasteiger charge is 2.16. The predicted octanol–water partition coefficient (Wildman–Crippen LogP) is 2.61. The Hall–Kier alpha value is -1.62. The zero-order chi connectivity index (χ0) is 15.2. The SMILES string of the molecule is C=C(COC(=O)CC(C)C)CS(=O)(=O)c1ccccc1. The lowest BCUT2D eigenvalue weighted by Gasteiger charge is -2.09. The summed E-state index contributed by atoms with van der Waals surface area (Å²) in [6, 6.07) is 8.15. The fraction of sp³-hybridized carbons (Fsp3) is 0.400. The van der Waals surface area contributed by atoms with Gasteiger partial charge in [-0.2, -0.15) is 0 Å². The summed E-state index contributed by atoms with van der Waals surface area (Å²) >= 11 is 0. The van der Waals surface area contributed by atoms with Gasteiger partial charge < -0.3 is 4.74 Å². The summed E-state index contributed by atoms with van der Waals surface area (Å²) in [5.74, 6) is -0.339. The molecule has 0 amide bonds. The van der Waals surface area contributed by atoms with Crippen LogP contribution < -0.4 is 0 Å². The third-order valence-corrected chi connectivity index (χ3v) is 4.29. The van der Waals surface area contributed by atoms with Crippen molar-refractivity contribution < 1.29 is 17.9 Å². The Morgan fingerprint density at radius 3 is 2.40 bits per heavy atom. The zero-order valence-corrected chi connectivity index (χ0v) is 12.7. The highest BCUT2D eigenvalue weighted by atomic mass is 32.2. The first-order valence-corrected chi connectivity index (χ1v) is 8.06. The molecule has 1 aromatic carbocycles. The van der Waals surface area contributed by atoms with Crippen molar-refractivity contribution in [1.82, 2.24) is 0 Å². The Kier molecular flexibility index (Phi) is 5.95. The van der Waals surface area contributed by atoms with Crippen LogP contribution in [0.25, 0.3) is 0 Å². The summed E-state index contributed by atoms with van der Waals surface area (Å²) in [5.41, 5.74) is 0.367. The number of esters is 1. The number of sulfone groups is 1. The summed E-state index contributed by atoms with van der Waals surface area (Å²) < 4.78 is 29.1. The first kappa shape index (κ1) is 16.4. The summed E-state index contributed by atoms with van der Waals surface area (Å²) in [6.45, 7) is 7.43. The van der Waals surface area contributed by atoms with Crippen molar-refractivity contribution >= 4 is 15.8 Å². The molecule has 0 radical (unpaired) electrons. The van der Waals surface area contributed by atoms with Crippen LogP contribution in [0, 0.1) is 5.92 Å². The summed E-state index contributed by atoms with van der Waals surface area (Å²) in [4.78, 5) is 11.6. The number of benzene rings is 1. The zero-order valence-electron chi connectivity index (χ0n) is 11.8. The molecular formula is C15H20O4S. The molecule has 5 heteroatoms. The molecule has 4 nitrogen and oxygen atoms in total. The van der Waals surface area contributed by atoms with Crippen LogP contribution in [0.15, 0.2) is 47.4 Å². The first-order chi connectivity index (χ1) is 9.31. The second-order valence-electron chi connectivity index (χ2n) is 5.08. The maximum atomic E-state index is 12.1. The number of hydrogen-bond acceptors (Lipinski definition) is 4. The lowest BCUT2D eigenvalue weighted by Crippen LogP contribution is -2.15. The van der Waals surface area contributed by atoms with Crippen LogP contribution in [0.1, 0.15) is 20.3 Å². The van der Waals surface area contributed by atoms with Crippen LogP contribution in [0.2, 0.25) is 0 Å². The molecule has 0 aliphatic rings. The molecular weight excluding hydrogens is 276 g/mol. The highest BCUT2D eigenvalue weighted by molar-refractivity contribution is 7.91. The van der Waals surface area contributed by atoms with E-state index in [4.69, 9.17) is 4.74 Å². The van der Waals surface area contributed by atoms with E-state index in [9.17, 15) is 13.2 Å². The Balaban J connectivity index is 2.53. The van der Waals surface area contributed by atoms with E-state index in [0.717, 1.165) is 0 Å². The smallest absolute Gasteiger partial charge is 0.306 e. The predicted molar refractivity (Wildman–Crippen MR) is 78.0 cm³/mol. The van der Waals surface area contributed by atoms with Gasteiger partial charge in [-0.3, -0.25) is 4.79 Å². The molecule has 0 aromatic heterocycles. The van der Waals surface area contributed by atoms with Crippen LogP contribution >= 0.6 is 0 Å². The van der Waals surface area contributed by atoms with E-state index in [1.54, 1.807) is 18.2 Å². The van der Waals surface area contributed by atoms with Crippen LogP contribution in [-0.2, 0) is 19.4 Å². The molecule has 0 fully saturated rings. The maximum absolute atomic E-state index is 12.1. The van der Waals surface area contributed by atoms with Gasteiger partial charge in [-0.25, -0.2) is 8.42 Å². The molecule has 0 saturated heterocycles. The molecule has 0 bridgehead atoms. The maximum Gasteiger partial charge on any atom is 0.306 e. The van der Waals surface area contributed by atoms with E-state index in [0.29, 0.717) is 12.0 Å². The van der Waals surface area contributed by atoms with Gasteiger partial charge in [0.2, 0.25) is 0 Å². The van der Waals surface area contributed by atoms with Crippen LogP contribution in [0.4, 0.5) is 0 Å². The van der Waals surface area contributed by atoms with Crippen molar-refractivity contribution in [3.63, 3.8) is 0 Å². The minimum atomic E-state index is -3.42. The van der Waals surface area contributed by atoms with Crippen molar-refractivity contribution in [3.8, 4) is 0 Å². The average molecular weight is 296 g/mol. The van der Waals surface area contributed by atoms with E-state index < -0.39 is 9.84 Å². The van der Waals surface area contributed by atoms with Crippen molar-refractivity contribution in [2.24, 2.45) is 5.92 Å². The van der Waals surface area contributed by atoms with Crippen molar-refractivity contribution in [2.45, 2.75) is 25.2 Å². The molecule has 0 saturated carbocycles. The van der Waals surface area contributed by atoms with Crippen LogP contribution in [-0.4, -0.2) is 26.7 Å². The van der Waals surface area contributed by atoms with E-state index in [1.807, 2.05) is 13.8 Å². The first-order valence-electron chi connectivity index (χ1n) is 6.41. The minimum Gasteiger partial charge on any atom is -0.461 e. The number of carbonyl (C=O) groups excluding carboxylic acids is 1. The third-order valence-electron chi connectivity index (χ3n) is 2.51. The van der Waals surface area contributed by atoms with E-state index >= 15 is 0 Å². The largest absolute Gasteiger partial charge is 0.461 e. The molecule has 0 atom stereocenters. The average Bonchev–Trinajstić information content (AvgIpc) is 2.36. The standard InChI is InChI=1S/C15H20O4S/c1-12(2)9-15(16)19-10-13(3)11-20(17,18)14-7-5-4-6-8-14/h4-8,12H,3,9-11H2,1-2H3. The van der Waals surface area contributed by atoms with E-state index in [2.05, 4.69) is 6.58 Å². The number of hydrogen-bond donors (Lipinski definition) is 0. The monoisotopic (exact) mass is 296 g/mol. The second kappa shape index (κ2) is 7.24. The fourth-order valence-corrected chi connectivity index (χ4v) is 2.96. The Morgan fingerprint density at radius 2 is 1.85 bits per heavy atom. The molecule has 20 heavy (non-hydrogen) atoms. The number of rotatable bonds is 7. The second-order valence-corrected chi connectivity index (χ2v) is 7.07. The quantitative estimate of drug-likeness (QED) is 0.573. The Morgan fingerprint density at radius 1 is 1.25 bits per heavy atom. The van der Waals surface area contributed by atoms with Gasteiger partial charge >= 0.3 is 5.97 Å². The van der Waals surface area contributed by atoms with E-state index in [-0.39, 0.29) is 29.1 Å². The number of ether oxygens (including phenoxy) is 1. The highest BCUT2D eigenvalue weighted by Crippen LogP contribution is 2.13. The molecule has 0 heterocycles. The molecule has 0 spiro atoms. The minimum absolute atomic E-state index is 0.0579. The van der Waals surface area contributed by atoms with Gasteiger partial charge in [-0.1, -0.05) is 38.6 Å². The van der Waals surface area contributed by atoms with Gasteiger partial charge in [0.05, 0.1) is 10.6 Å². The van der Waals surface area contributed by atoms with Crippen molar-refractivity contribution in [1.29, 1.82) is 0 Å². The molecule has 0 aliphatic carbocycles.